The van der Waals surface area contributed by atoms with Gasteiger partial charge >= 0.3 is 0 Å². The third-order valence-electron chi connectivity index (χ3n) is 4.47. The van der Waals surface area contributed by atoms with Gasteiger partial charge in [0.25, 0.3) is 0 Å². The van der Waals surface area contributed by atoms with Crippen LogP contribution < -0.4 is 10.1 Å². The van der Waals surface area contributed by atoms with Crippen LogP contribution in [0.5, 0.6) is 5.75 Å². The molecule has 3 heteroatoms. The summed E-state index contributed by atoms with van der Waals surface area (Å²) in [5.74, 6) is 1.14. The van der Waals surface area contributed by atoms with Crippen molar-refractivity contribution in [3.63, 3.8) is 0 Å². The van der Waals surface area contributed by atoms with Gasteiger partial charge in [0.05, 0.1) is 12.0 Å². The maximum Gasteiger partial charge on any atom is 0.124 e. The number of rotatable bonds is 2. The van der Waals surface area contributed by atoms with E-state index < -0.39 is 0 Å². The predicted octanol–water partition coefficient (Wildman–Crippen LogP) is 3.57. The van der Waals surface area contributed by atoms with E-state index in [1.165, 1.54) is 5.56 Å². The van der Waals surface area contributed by atoms with E-state index in [1.54, 1.807) is 0 Å². The smallest absolute Gasteiger partial charge is 0.124 e. The zero-order chi connectivity index (χ0) is 14.2. The van der Waals surface area contributed by atoms with Crippen LogP contribution in [0.1, 0.15) is 51.1 Å². The van der Waals surface area contributed by atoms with Crippen molar-refractivity contribution in [2.45, 2.75) is 57.2 Å². The van der Waals surface area contributed by atoms with E-state index in [0.717, 1.165) is 31.4 Å². The molecule has 1 aliphatic carbocycles. The normalized spacial score (nSPS) is 31.1. The highest BCUT2D eigenvalue weighted by Crippen LogP contribution is 2.40. The molecule has 3 rings (SSSR count). The molecule has 1 fully saturated rings. The minimum atomic E-state index is -0.160. The van der Waals surface area contributed by atoms with Gasteiger partial charge in [-0.05, 0) is 32.8 Å². The van der Waals surface area contributed by atoms with Crippen molar-refractivity contribution in [2.75, 3.05) is 0 Å². The Morgan fingerprint density at radius 2 is 2.10 bits per heavy atom. The summed E-state index contributed by atoms with van der Waals surface area (Å²) in [6.45, 7) is 4.27. The topological polar surface area (TPSA) is 45.0 Å². The molecule has 3 nitrogen and oxygen atoms in total. The van der Waals surface area contributed by atoms with Gasteiger partial charge in [0.15, 0.2) is 0 Å². The Morgan fingerprint density at radius 3 is 2.90 bits per heavy atom. The second-order valence-electron chi connectivity index (χ2n) is 6.60. The van der Waals surface area contributed by atoms with Crippen LogP contribution in [0.3, 0.4) is 0 Å². The lowest BCUT2D eigenvalue weighted by Crippen LogP contribution is -2.43. The number of ether oxygens (including phenoxy) is 1. The highest BCUT2D eigenvalue weighted by Gasteiger charge is 2.36. The van der Waals surface area contributed by atoms with Crippen molar-refractivity contribution < 1.29 is 4.74 Å². The molecule has 0 saturated heterocycles. The van der Waals surface area contributed by atoms with Crippen LogP contribution in [0, 0.1) is 17.2 Å². The Labute approximate surface area is 120 Å². The zero-order valence-electron chi connectivity index (χ0n) is 12.2. The number of nitrogens with zero attached hydrogens (tertiary/aromatic N) is 1. The first-order valence-corrected chi connectivity index (χ1v) is 7.53. The van der Waals surface area contributed by atoms with Crippen LogP contribution in [0.15, 0.2) is 24.3 Å². The van der Waals surface area contributed by atoms with Gasteiger partial charge in [0.2, 0.25) is 0 Å². The average molecular weight is 270 g/mol. The fourth-order valence-electron chi connectivity index (χ4n) is 3.52. The fraction of sp³-hybridized carbons (Fsp3) is 0.588. The van der Waals surface area contributed by atoms with Crippen LogP contribution in [-0.2, 0) is 0 Å². The number of benzene rings is 1. The molecule has 1 aliphatic heterocycles. The molecule has 1 N–H and O–H groups in total. The van der Waals surface area contributed by atoms with E-state index in [-0.39, 0.29) is 17.6 Å². The zero-order valence-corrected chi connectivity index (χ0v) is 12.2. The van der Waals surface area contributed by atoms with Crippen LogP contribution >= 0.6 is 0 Å². The highest BCUT2D eigenvalue weighted by atomic mass is 16.5. The molecule has 3 unspecified atom stereocenters. The Hall–Kier alpha value is -1.53. The molecule has 3 atom stereocenters. The molecule has 2 aliphatic rings. The SMILES string of the molecule is CC1(C)CC(NC2CCCC2C#N)c2ccccc2O1. The minimum absolute atomic E-state index is 0.160. The highest BCUT2D eigenvalue weighted by molar-refractivity contribution is 5.38. The van der Waals surface area contributed by atoms with Gasteiger partial charge in [-0.3, -0.25) is 0 Å². The maximum atomic E-state index is 9.25. The first kappa shape index (κ1) is 13.5. The van der Waals surface area contributed by atoms with Crippen LogP contribution in [0.4, 0.5) is 0 Å². The van der Waals surface area contributed by atoms with Crippen LogP contribution in [0.25, 0.3) is 0 Å². The fourth-order valence-corrected chi connectivity index (χ4v) is 3.52. The van der Waals surface area contributed by atoms with Gasteiger partial charge in [-0.25, -0.2) is 0 Å². The molecule has 1 heterocycles. The van der Waals surface area contributed by atoms with Crippen molar-refractivity contribution in [3.05, 3.63) is 29.8 Å². The van der Waals surface area contributed by atoms with Crippen molar-refractivity contribution >= 4 is 0 Å². The van der Waals surface area contributed by atoms with E-state index in [0.29, 0.717) is 6.04 Å². The lowest BCUT2D eigenvalue weighted by molar-refractivity contribution is 0.0630. The molecule has 106 valence electrons. The quantitative estimate of drug-likeness (QED) is 0.893. The summed E-state index contributed by atoms with van der Waals surface area (Å²) in [5.41, 5.74) is 1.07. The van der Waals surface area contributed by atoms with Gasteiger partial charge in [-0.1, -0.05) is 24.6 Å². The summed E-state index contributed by atoms with van der Waals surface area (Å²) >= 11 is 0. The maximum absolute atomic E-state index is 9.25. The van der Waals surface area contributed by atoms with Gasteiger partial charge in [0.1, 0.15) is 11.4 Å². The minimum Gasteiger partial charge on any atom is -0.487 e. The van der Waals surface area contributed by atoms with Crippen molar-refractivity contribution in [1.29, 1.82) is 5.26 Å². The molecule has 0 spiro atoms. The lowest BCUT2D eigenvalue weighted by atomic mass is 9.88. The molecular weight excluding hydrogens is 248 g/mol. The van der Waals surface area contributed by atoms with E-state index >= 15 is 0 Å². The summed E-state index contributed by atoms with van der Waals surface area (Å²) in [6.07, 6.45) is 4.24. The molecule has 0 amide bonds. The second kappa shape index (κ2) is 5.10. The number of nitrogens with one attached hydrogen (secondary N) is 1. The Morgan fingerprint density at radius 1 is 1.30 bits per heavy atom. The Bertz CT molecular complexity index is 532. The standard InChI is InChI=1S/C17H22N2O/c1-17(2)10-15(13-7-3-4-9-16(13)20-17)19-14-8-5-6-12(14)11-18/h3-4,7,9,12,14-15,19H,5-6,8,10H2,1-2H3. The molecular formula is C17H22N2O. The van der Waals surface area contributed by atoms with Gasteiger partial charge < -0.3 is 10.1 Å². The van der Waals surface area contributed by atoms with E-state index in [9.17, 15) is 5.26 Å². The van der Waals surface area contributed by atoms with Gasteiger partial charge in [-0.15, -0.1) is 0 Å². The molecule has 0 bridgehead atoms. The first-order chi connectivity index (χ1) is 9.59. The summed E-state index contributed by atoms with van der Waals surface area (Å²) < 4.78 is 6.06. The van der Waals surface area contributed by atoms with Crippen LogP contribution in [0.2, 0.25) is 0 Å². The first-order valence-electron chi connectivity index (χ1n) is 7.53. The third kappa shape index (κ3) is 2.53. The van der Waals surface area contributed by atoms with Gasteiger partial charge in [0, 0.05) is 24.1 Å². The van der Waals surface area contributed by atoms with Crippen LogP contribution in [-0.4, -0.2) is 11.6 Å². The third-order valence-corrected chi connectivity index (χ3v) is 4.47. The number of nitriles is 1. The predicted molar refractivity (Wildman–Crippen MR) is 78.4 cm³/mol. The Balaban J connectivity index is 1.84. The molecule has 1 saturated carbocycles. The van der Waals surface area contributed by atoms with E-state index in [4.69, 9.17) is 4.74 Å². The summed E-state index contributed by atoms with van der Waals surface area (Å²) in [5, 5.41) is 13.0. The number of fused-ring (bicyclic) bond motifs is 1. The van der Waals surface area contributed by atoms with Gasteiger partial charge in [-0.2, -0.15) is 5.26 Å². The number of hydrogen-bond acceptors (Lipinski definition) is 3. The summed E-state index contributed by atoms with van der Waals surface area (Å²) in [6, 6.07) is 11.3. The molecule has 0 aromatic heterocycles. The van der Waals surface area contributed by atoms with Crippen molar-refractivity contribution in [2.24, 2.45) is 5.92 Å². The summed E-state index contributed by atoms with van der Waals surface area (Å²) in [4.78, 5) is 0. The molecule has 20 heavy (non-hydrogen) atoms. The molecule has 1 aromatic carbocycles. The van der Waals surface area contributed by atoms with Crippen molar-refractivity contribution in [1.82, 2.24) is 5.32 Å². The number of hydrogen-bond donors (Lipinski definition) is 1. The van der Waals surface area contributed by atoms with E-state index in [1.807, 2.05) is 12.1 Å². The molecule has 0 radical (unpaired) electrons. The second-order valence-corrected chi connectivity index (χ2v) is 6.60. The monoisotopic (exact) mass is 270 g/mol. The largest absolute Gasteiger partial charge is 0.487 e. The molecule has 1 aromatic rings. The summed E-state index contributed by atoms with van der Waals surface area (Å²) in [7, 11) is 0. The van der Waals surface area contributed by atoms with E-state index in [2.05, 4.69) is 37.4 Å². The van der Waals surface area contributed by atoms with Crippen molar-refractivity contribution in [3.8, 4) is 11.8 Å². The lowest BCUT2D eigenvalue weighted by Gasteiger charge is -2.39. The Kier molecular flexibility index (Phi) is 3.43. The average Bonchev–Trinajstić information content (AvgIpc) is 2.84. The number of para-hydroxylation sites is 1.